The summed E-state index contributed by atoms with van der Waals surface area (Å²) in [6.45, 7) is 15.3. The molecule has 4 heteroatoms. The zero-order valence-electron chi connectivity index (χ0n) is 27.4. The first-order chi connectivity index (χ1) is 21.5. The third-order valence-electron chi connectivity index (χ3n) is 10.0. The Labute approximate surface area is 265 Å². The van der Waals surface area contributed by atoms with E-state index in [1.165, 1.54) is 60.4 Å². The average Bonchev–Trinajstić information content (AvgIpc) is 3.55. The van der Waals surface area contributed by atoms with Crippen LogP contribution >= 0.6 is 0 Å². The van der Waals surface area contributed by atoms with Crippen molar-refractivity contribution in [2.24, 2.45) is 0 Å². The molecule has 0 saturated heterocycles. The van der Waals surface area contributed by atoms with Crippen LogP contribution < -0.4 is 9.47 Å². The van der Waals surface area contributed by atoms with Gasteiger partial charge in [-0.15, -0.1) is 0 Å². The minimum absolute atomic E-state index is 0.151. The lowest BCUT2D eigenvalue weighted by Gasteiger charge is -2.39. The second-order valence-corrected chi connectivity index (χ2v) is 14.5. The molecule has 0 aliphatic carbocycles. The molecule has 2 aromatic heterocycles. The molecule has 2 aliphatic rings. The summed E-state index contributed by atoms with van der Waals surface area (Å²) >= 11 is 0. The molecule has 4 heterocycles. The van der Waals surface area contributed by atoms with E-state index in [2.05, 4.69) is 131 Å². The van der Waals surface area contributed by atoms with Crippen LogP contribution in [0.4, 0.5) is 0 Å². The lowest BCUT2D eigenvalue weighted by Crippen LogP contribution is -2.35. The number of nitrogens with one attached hydrogen (secondary N) is 2. The van der Waals surface area contributed by atoms with E-state index in [1.807, 2.05) is 0 Å². The van der Waals surface area contributed by atoms with Crippen LogP contribution in [0, 0.1) is 13.8 Å². The van der Waals surface area contributed by atoms with Crippen LogP contribution in [-0.2, 0) is 0 Å². The monoisotopic (exact) mass is 594 g/mol. The van der Waals surface area contributed by atoms with Crippen LogP contribution in [0.3, 0.4) is 0 Å². The number of H-pyrrole nitrogens is 2. The van der Waals surface area contributed by atoms with Crippen LogP contribution in [0.15, 0.2) is 72.3 Å². The minimum Gasteiger partial charge on any atom is -0.487 e. The third-order valence-corrected chi connectivity index (χ3v) is 10.0. The van der Waals surface area contributed by atoms with Gasteiger partial charge in [0, 0.05) is 44.1 Å². The molecule has 2 N–H and O–H groups in total. The normalized spacial score (nSPS) is 20.3. The van der Waals surface area contributed by atoms with Crippen LogP contribution in [0.25, 0.3) is 49.7 Å². The molecule has 0 radical (unpaired) electrons. The molecule has 0 spiro atoms. The minimum atomic E-state index is -0.325. The molecule has 0 fully saturated rings. The SMILES string of the molecule is CC(C)=CCCC1(C)C=Cc2c(c(C)cc3c2[nH]c2c(C4CC(C)(C)Oc5c(C)cc6c([nH]c7ccccc76)c54)cccc23)O1. The zero-order valence-corrected chi connectivity index (χ0v) is 27.4. The number of hydrogen-bond acceptors (Lipinski definition) is 2. The Kier molecular flexibility index (Phi) is 6.10. The molecule has 4 nitrogen and oxygen atoms in total. The van der Waals surface area contributed by atoms with Gasteiger partial charge in [0.15, 0.2) is 0 Å². The Morgan fingerprint density at radius 1 is 0.822 bits per heavy atom. The molecule has 2 unspecified atom stereocenters. The smallest absolute Gasteiger partial charge is 0.132 e. The number of aromatic nitrogens is 2. The highest BCUT2D eigenvalue weighted by Crippen LogP contribution is 2.51. The van der Waals surface area contributed by atoms with E-state index in [0.717, 1.165) is 47.4 Å². The molecule has 4 aromatic carbocycles. The predicted octanol–water partition coefficient (Wildman–Crippen LogP) is 11.2. The quantitative estimate of drug-likeness (QED) is 0.199. The fraction of sp³-hybridized carbons (Fsp3) is 0.317. The number of allylic oxidation sites excluding steroid dienone is 2. The summed E-state index contributed by atoms with van der Waals surface area (Å²) in [5.41, 5.74) is 11.5. The number of aromatic amines is 2. The molecule has 0 amide bonds. The number of benzene rings is 4. The van der Waals surface area contributed by atoms with Gasteiger partial charge in [0.25, 0.3) is 0 Å². The highest BCUT2D eigenvalue weighted by atomic mass is 16.5. The maximum absolute atomic E-state index is 6.79. The van der Waals surface area contributed by atoms with E-state index in [4.69, 9.17) is 9.47 Å². The van der Waals surface area contributed by atoms with Gasteiger partial charge in [0.1, 0.15) is 22.7 Å². The Balaban J connectivity index is 1.33. The van der Waals surface area contributed by atoms with E-state index < -0.39 is 0 Å². The molecule has 0 saturated carbocycles. The second kappa shape index (κ2) is 9.78. The van der Waals surface area contributed by atoms with Crippen molar-refractivity contribution in [3.63, 3.8) is 0 Å². The summed E-state index contributed by atoms with van der Waals surface area (Å²) in [6.07, 6.45) is 9.67. The van der Waals surface area contributed by atoms with Crippen LogP contribution in [0.5, 0.6) is 11.5 Å². The predicted molar refractivity (Wildman–Crippen MR) is 189 cm³/mol. The fourth-order valence-corrected chi connectivity index (χ4v) is 7.90. The topological polar surface area (TPSA) is 50.0 Å². The maximum atomic E-state index is 6.79. The van der Waals surface area contributed by atoms with Gasteiger partial charge in [-0.2, -0.15) is 0 Å². The molecule has 0 bridgehead atoms. The van der Waals surface area contributed by atoms with E-state index in [-0.39, 0.29) is 17.1 Å². The van der Waals surface area contributed by atoms with Gasteiger partial charge in [0.2, 0.25) is 0 Å². The first kappa shape index (κ1) is 28.1. The van der Waals surface area contributed by atoms with Crippen molar-refractivity contribution in [3.8, 4) is 11.5 Å². The van der Waals surface area contributed by atoms with Crippen molar-refractivity contribution < 1.29 is 9.47 Å². The number of ether oxygens (including phenoxy) is 2. The van der Waals surface area contributed by atoms with Crippen molar-refractivity contribution >= 4 is 49.7 Å². The van der Waals surface area contributed by atoms with Crippen LogP contribution in [-0.4, -0.2) is 21.2 Å². The second-order valence-electron chi connectivity index (χ2n) is 14.5. The molecule has 6 aromatic rings. The first-order valence-corrected chi connectivity index (χ1v) is 16.3. The van der Waals surface area contributed by atoms with E-state index in [1.54, 1.807) is 0 Å². The summed E-state index contributed by atoms with van der Waals surface area (Å²) < 4.78 is 13.6. The first-order valence-electron chi connectivity index (χ1n) is 16.3. The maximum Gasteiger partial charge on any atom is 0.132 e. The third kappa shape index (κ3) is 4.40. The van der Waals surface area contributed by atoms with Crippen molar-refractivity contribution in [1.29, 1.82) is 0 Å². The van der Waals surface area contributed by atoms with Gasteiger partial charge in [-0.1, -0.05) is 48.0 Å². The Bertz CT molecular complexity index is 2240. The van der Waals surface area contributed by atoms with Gasteiger partial charge >= 0.3 is 0 Å². The summed E-state index contributed by atoms with van der Waals surface area (Å²) in [5, 5.41) is 5.02. The molecular formula is C41H42N2O2. The number of rotatable bonds is 4. The molecule has 8 rings (SSSR count). The highest BCUT2D eigenvalue weighted by Gasteiger charge is 2.39. The summed E-state index contributed by atoms with van der Waals surface area (Å²) in [7, 11) is 0. The van der Waals surface area contributed by atoms with E-state index in [9.17, 15) is 0 Å². The lowest BCUT2D eigenvalue weighted by atomic mass is 9.78. The van der Waals surface area contributed by atoms with E-state index >= 15 is 0 Å². The number of aryl methyl sites for hydroxylation is 2. The number of para-hydroxylation sites is 2. The summed E-state index contributed by atoms with van der Waals surface area (Å²) in [5.74, 6) is 2.16. The molecular weight excluding hydrogens is 552 g/mol. The molecule has 2 aliphatic heterocycles. The van der Waals surface area contributed by atoms with Crippen LogP contribution in [0.1, 0.15) is 87.6 Å². The van der Waals surface area contributed by atoms with Crippen molar-refractivity contribution in [1.82, 2.24) is 9.97 Å². The fourth-order valence-electron chi connectivity index (χ4n) is 7.90. The lowest BCUT2D eigenvalue weighted by molar-refractivity contribution is 0.0773. The van der Waals surface area contributed by atoms with Gasteiger partial charge in [-0.3, -0.25) is 0 Å². The Morgan fingerprint density at radius 3 is 2.36 bits per heavy atom. The van der Waals surface area contributed by atoms with Crippen molar-refractivity contribution in [2.45, 2.75) is 84.8 Å². The number of hydrogen-bond donors (Lipinski definition) is 2. The Morgan fingerprint density at radius 2 is 1.56 bits per heavy atom. The summed E-state index contributed by atoms with van der Waals surface area (Å²) in [6, 6.07) is 20.0. The summed E-state index contributed by atoms with van der Waals surface area (Å²) in [4.78, 5) is 7.73. The zero-order chi connectivity index (χ0) is 31.2. The molecule has 228 valence electrons. The van der Waals surface area contributed by atoms with Gasteiger partial charge in [-0.25, -0.2) is 0 Å². The van der Waals surface area contributed by atoms with Gasteiger partial charge in [0.05, 0.1) is 16.6 Å². The van der Waals surface area contributed by atoms with Crippen LogP contribution in [0.2, 0.25) is 0 Å². The van der Waals surface area contributed by atoms with E-state index in [0.29, 0.717) is 0 Å². The number of fused-ring (bicyclic) bond motifs is 10. The standard InChI is InChI=1S/C41H42N2O2/c1-23(2)12-11-18-41(7)19-17-29-36-31(20-24(3)38(29)45-41)27-14-10-15-28(35(27)43-36)32-22-40(5,6)44-39-25(4)21-30-26-13-8-9-16-33(26)42-37(30)34(32)39/h8-10,12-17,19-21,32,42-43H,11,18,22H2,1-7H3. The average molecular weight is 595 g/mol. The Hall–Kier alpha value is -4.44. The molecule has 45 heavy (non-hydrogen) atoms. The van der Waals surface area contributed by atoms with Gasteiger partial charge in [-0.05, 0) is 115 Å². The highest BCUT2D eigenvalue weighted by molar-refractivity contribution is 6.13. The van der Waals surface area contributed by atoms with Gasteiger partial charge < -0.3 is 19.4 Å². The van der Waals surface area contributed by atoms with Crippen molar-refractivity contribution in [3.05, 3.63) is 100 Å². The molecule has 2 atom stereocenters. The largest absolute Gasteiger partial charge is 0.487 e. The van der Waals surface area contributed by atoms with Crippen molar-refractivity contribution in [2.75, 3.05) is 0 Å².